The van der Waals surface area contributed by atoms with Gasteiger partial charge in [-0.05, 0) is 57.3 Å². The molecule has 0 aromatic carbocycles. The standard InChI is InChI=1S/C20H33NO6/c1-14(2)18(24)27-20(10-4-3-5-11-20)13-26-19(25)21-12-15-6-8-16(9-7-15)17(22)23/h14-16H,3-13H2,1-2H3,(H,21,25)(H,22,23). The van der Waals surface area contributed by atoms with E-state index in [-0.39, 0.29) is 30.3 Å². The van der Waals surface area contributed by atoms with Gasteiger partial charge in [0.1, 0.15) is 12.2 Å². The number of hydrogen-bond donors (Lipinski definition) is 2. The van der Waals surface area contributed by atoms with E-state index >= 15 is 0 Å². The predicted octanol–water partition coefficient (Wildman–Crippen LogP) is 3.51. The van der Waals surface area contributed by atoms with Crippen molar-refractivity contribution in [2.45, 2.75) is 77.2 Å². The fourth-order valence-corrected chi connectivity index (χ4v) is 3.89. The topological polar surface area (TPSA) is 102 Å². The van der Waals surface area contributed by atoms with Gasteiger partial charge in [-0.15, -0.1) is 0 Å². The Bertz CT molecular complexity index is 519. The number of hydrogen-bond acceptors (Lipinski definition) is 5. The lowest BCUT2D eigenvalue weighted by Gasteiger charge is -2.36. The first-order chi connectivity index (χ1) is 12.8. The number of carboxylic acids is 1. The predicted molar refractivity (Wildman–Crippen MR) is 99.2 cm³/mol. The van der Waals surface area contributed by atoms with Crippen molar-refractivity contribution in [3.63, 3.8) is 0 Å². The molecule has 7 heteroatoms. The third kappa shape index (κ3) is 6.70. The van der Waals surface area contributed by atoms with Crippen LogP contribution in [0.25, 0.3) is 0 Å². The molecule has 0 atom stereocenters. The van der Waals surface area contributed by atoms with Crippen LogP contribution >= 0.6 is 0 Å². The van der Waals surface area contributed by atoms with Crippen molar-refractivity contribution in [1.82, 2.24) is 5.32 Å². The van der Waals surface area contributed by atoms with Gasteiger partial charge < -0.3 is 19.9 Å². The molecule has 27 heavy (non-hydrogen) atoms. The lowest BCUT2D eigenvalue weighted by molar-refractivity contribution is -0.172. The van der Waals surface area contributed by atoms with Crippen molar-refractivity contribution in [3.8, 4) is 0 Å². The molecule has 7 nitrogen and oxygen atoms in total. The Balaban J connectivity index is 1.75. The largest absolute Gasteiger partial charge is 0.481 e. The average Bonchev–Trinajstić information content (AvgIpc) is 2.65. The van der Waals surface area contributed by atoms with Crippen molar-refractivity contribution in [3.05, 3.63) is 0 Å². The Morgan fingerprint density at radius 2 is 1.70 bits per heavy atom. The number of carbonyl (C=O) groups is 3. The highest BCUT2D eigenvalue weighted by Crippen LogP contribution is 2.33. The minimum absolute atomic E-state index is 0.0864. The van der Waals surface area contributed by atoms with Gasteiger partial charge in [0.2, 0.25) is 0 Å². The van der Waals surface area contributed by atoms with E-state index in [2.05, 4.69) is 5.32 Å². The van der Waals surface area contributed by atoms with Crippen molar-refractivity contribution in [2.75, 3.05) is 13.2 Å². The second-order valence-corrected chi connectivity index (χ2v) is 8.33. The third-order valence-corrected chi connectivity index (χ3v) is 5.75. The zero-order chi connectivity index (χ0) is 19.9. The molecule has 1 amide bonds. The van der Waals surface area contributed by atoms with Gasteiger partial charge in [-0.2, -0.15) is 0 Å². The first-order valence-electron chi connectivity index (χ1n) is 10.2. The number of aliphatic carboxylic acids is 1. The summed E-state index contributed by atoms with van der Waals surface area (Å²) in [6, 6.07) is 0. The van der Waals surface area contributed by atoms with Gasteiger partial charge in [-0.25, -0.2) is 4.79 Å². The van der Waals surface area contributed by atoms with Crippen LogP contribution in [0.15, 0.2) is 0 Å². The Hall–Kier alpha value is -1.79. The van der Waals surface area contributed by atoms with E-state index in [0.29, 0.717) is 19.4 Å². The summed E-state index contributed by atoms with van der Waals surface area (Å²) >= 11 is 0. The second kappa shape index (κ2) is 9.95. The molecule has 154 valence electrons. The fraction of sp³-hybridized carbons (Fsp3) is 0.850. The number of rotatable bonds is 7. The minimum Gasteiger partial charge on any atom is -0.481 e. The first kappa shape index (κ1) is 21.5. The molecule has 2 N–H and O–H groups in total. The van der Waals surface area contributed by atoms with Gasteiger partial charge in [-0.3, -0.25) is 9.59 Å². The molecule has 2 fully saturated rings. The van der Waals surface area contributed by atoms with Gasteiger partial charge in [0.05, 0.1) is 11.8 Å². The number of nitrogens with one attached hydrogen (secondary N) is 1. The summed E-state index contributed by atoms with van der Waals surface area (Å²) in [5, 5.41) is 11.8. The molecule has 0 aromatic rings. The smallest absolute Gasteiger partial charge is 0.407 e. The van der Waals surface area contributed by atoms with Gasteiger partial charge >= 0.3 is 18.0 Å². The highest BCUT2D eigenvalue weighted by molar-refractivity contribution is 5.72. The molecule has 2 aliphatic carbocycles. The maximum absolute atomic E-state index is 12.1. The minimum atomic E-state index is -0.727. The van der Waals surface area contributed by atoms with Gasteiger partial charge in [-0.1, -0.05) is 20.3 Å². The van der Waals surface area contributed by atoms with E-state index < -0.39 is 17.7 Å². The van der Waals surface area contributed by atoms with Crippen LogP contribution in [-0.2, 0) is 19.1 Å². The molecule has 2 saturated carbocycles. The molecular weight excluding hydrogens is 350 g/mol. The van der Waals surface area contributed by atoms with Crippen LogP contribution < -0.4 is 5.32 Å². The molecule has 0 bridgehead atoms. The Morgan fingerprint density at radius 1 is 1.07 bits per heavy atom. The quantitative estimate of drug-likeness (QED) is 0.652. The summed E-state index contributed by atoms with van der Waals surface area (Å²) in [4.78, 5) is 35.1. The number of esters is 1. The summed E-state index contributed by atoms with van der Waals surface area (Å²) in [7, 11) is 0. The molecule has 0 aliphatic heterocycles. The molecule has 2 rings (SSSR count). The van der Waals surface area contributed by atoms with Crippen LogP contribution in [0.2, 0.25) is 0 Å². The molecule has 0 saturated heterocycles. The van der Waals surface area contributed by atoms with E-state index in [1.807, 2.05) is 0 Å². The summed E-state index contributed by atoms with van der Waals surface area (Å²) in [5.41, 5.74) is -0.698. The van der Waals surface area contributed by atoms with Crippen molar-refractivity contribution in [1.29, 1.82) is 0 Å². The highest BCUT2D eigenvalue weighted by Gasteiger charge is 2.38. The molecular formula is C20H33NO6. The first-order valence-corrected chi connectivity index (χ1v) is 10.2. The molecule has 0 spiro atoms. The van der Waals surface area contributed by atoms with Crippen LogP contribution in [0.5, 0.6) is 0 Å². The molecule has 0 aromatic heterocycles. The monoisotopic (exact) mass is 383 g/mol. The molecule has 2 aliphatic rings. The van der Waals surface area contributed by atoms with Crippen LogP contribution in [0.4, 0.5) is 4.79 Å². The van der Waals surface area contributed by atoms with E-state index in [4.69, 9.17) is 14.6 Å². The zero-order valence-corrected chi connectivity index (χ0v) is 16.5. The van der Waals surface area contributed by atoms with Crippen molar-refractivity contribution >= 4 is 18.0 Å². The number of carboxylic acid groups (broad SMARTS) is 1. The molecule has 0 radical (unpaired) electrons. The van der Waals surface area contributed by atoms with E-state index in [9.17, 15) is 14.4 Å². The average molecular weight is 383 g/mol. The normalized spacial score (nSPS) is 24.9. The maximum atomic E-state index is 12.1. The van der Waals surface area contributed by atoms with Crippen molar-refractivity contribution in [2.24, 2.45) is 17.8 Å². The highest BCUT2D eigenvalue weighted by atomic mass is 16.6. The number of carbonyl (C=O) groups excluding carboxylic acids is 2. The van der Waals surface area contributed by atoms with E-state index in [0.717, 1.165) is 44.9 Å². The van der Waals surface area contributed by atoms with Gasteiger partial charge in [0.15, 0.2) is 0 Å². The molecule has 0 unspecified atom stereocenters. The van der Waals surface area contributed by atoms with E-state index in [1.54, 1.807) is 13.8 Å². The SMILES string of the molecule is CC(C)C(=O)OC1(COC(=O)NCC2CCC(C(=O)O)CC2)CCCCC1. The van der Waals surface area contributed by atoms with Crippen LogP contribution in [0.1, 0.15) is 71.6 Å². The number of alkyl carbamates (subject to hydrolysis) is 1. The van der Waals surface area contributed by atoms with E-state index in [1.165, 1.54) is 0 Å². The third-order valence-electron chi connectivity index (χ3n) is 5.75. The summed E-state index contributed by atoms with van der Waals surface area (Å²) < 4.78 is 11.1. The van der Waals surface area contributed by atoms with Gasteiger partial charge in [0.25, 0.3) is 0 Å². The maximum Gasteiger partial charge on any atom is 0.407 e. The molecule has 0 heterocycles. The lowest BCUT2D eigenvalue weighted by Crippen LogP contribution is -2.44. The second-order valence-electron chi connectivity index (χ2n) is 8.33. The van der Waals surface area contributed by atoms with Crippen LogP contribution in [-0.4, -0.2) is 41.9 Å². The van der Waals surface area contributed by atoms with Crippen molar-refractivity contribution < 1.29 is 29.0 Å². The summed E-state index contributed by atoms with van der Waals surface area (Å²) in [5.74, 6) is -1.16. The Labute approximate surface area is 161 Å². The number of ether oxygens (including phenoxy) is 2. The summed E-state index contributed by atoms with van der Waals surface area (Å²) in [6.07, 6.45) is 6.88. The van der Waals surface area contributed by atoms with Gasteiger partial charge in [0, 0.05) is 6.54 Å². The van der Waals surface area contributed by atoms with Crippen LogP contribution in [0.3, 0.4) is 0 Å². The summed E-state index contributed by atoms with van der Waals surface area (Å²) in [6.45, 7) is 4.17. The van der Waals surface area contributed by atoms with Crippen LogP contribution in [0, 0.1) is 17.8 Å². The Kier molecular flexibility index (Phi) is 7.92. The fourth-order valence-electron chi connectivity index (χ4n) is 3.89. The lowest BCUT2D eigenvalue weighted by atomic mass is 9.82. The zero-order valence-electron chi connectivity index (χ0n) is 16.5. The Morgan fingerprint density at radius 3 is 2.26 bits per heavy atom. The number of amides is 1.